The number of hydrogen-bond acceptors (Lipinski definition) is 4. The second-order valence-corrected chi connectivity index (χ2v) is 13.3. The van der Waals surface area contributed by atoms with Crippen molar-refractivity contribution in [1.82, 2.24) is 4.31 Å². The number of furan rings is 1. The van der Waals surface area contributed by atoms with Crippen LogP contribution >= 0.6 is 11.6 Å². The summed E-state index contributed by atoms with van der Waals surface area (Å²) in [7, 11) is -3.30. The monoisotopic (exact) mass is 585 g/mol. The van der Waals surface area contributed by atoms with E-state index in [4.69, 9.17) is 16.0 Å². The van der Waals surface area contributed by atoms with E-state index in [0.29, 0.717) is 66.9 Å². The van der Waals surface area contributed by atoms with Crippen LogP contribution in [0, 0.1) is 17.8 Å². The molecule has 3 atom stereocenters. The molecule has 0 saturated carbocycles. The summed E-state index contributed by atoms with van der Waals surface area (Å²) in [5.74, 6) is -1.19. The Bertz CT molecular complexity index is 1290. The molecule has 10 heteroatoms. The Balaban J connectivity index is 1.61. The van der Waals surface area contributed by atoms with Crippen molar-refractivity contribution < 1.29 is 30.8 Å². The fourth-order valence-corrected chi connectivity index (χ4v) is 7.30. The Morgan fingerprint density at radius 3 is 2.49 bits per heavy atom. The molecule has 5 nitrogen and oxygen atoms in total. The quantitative estimate of drug-likeness (QED) is 0.368. The number of rotatable bonds is 4. The van der Waals surface area contributed by atoms with E-state index in [1.807, 2.05) is 6.92 Å². The first-order chi connectivity index (χ1) is 18.4. The number of fused-ring (bicyclic) bond motifs is 1. The number of Topliss-reactive ketones (excluding diaryl/α,β-unsaturated/α-hetero) is 1. The number of carbonyl (C=O) groups excluding carboxylic acids is 1. The van der Waals surface area contributed by atoms with E-state index < -0.39 is 27.7 Å². The molecule has 3 aliphatic rings. The Morgan fingerprint density at radius 2 is 1.82 bits per heavy atom. The van der Waals surface area contributed by atoms with Crippen LogP contribution in [0.2, 0.25) is 0 Å². The van der Waals surface area contributed by atoms with Crippen molar-refractivity contribution in [2.24, 2.45) is 17.8 Å². The second-order valence-electron chi connectivity index (χ2n) is 10.8. The number of carbonyl (C=O) groups is 1. The molecule has 1 fully saturated rings. The van der Waals surface area contributed by atoms with E-state index in [1.165, 1.54) is 29.2 Å². The molecule has 3 unspecified atom stereocenters. The van der Waals surface area contributed by atoms with Crippen LogP contribution in [0.3, 0.4) is 0 Å². The van der Waals surface area contributed by atoms with E-state index in [9.17, 15) is 26.4 Å². The van der Waals surface area contributed by atoms with Crippen LogP contribution in [-0.2, 0) is 14.8 Å². The molecule has 0 aromatic carbocycles. The number of alkyl halides is 3. The average molecular weight is 586 g/mol. The van der Waals surface area contributed by atoms with Crippen LogP contribution in [0.5, 0.6) is 0 Å². The molecule has 2 heterocycles. The highest BCUT2D eigenvalue weighted by Gasteiger charge is 2.41. The largest absolute Gasteiger partial charge is 0.472 e. The first-order valence-corrected chi connectivity index (χ1v) is 15.7. The maximum atomic E-state index is 14.3. The highest BCUT2D eigenvalue weighted by Crippen LogP contribution is 2.45. The number of nitrogens with zero attached hydrogens (tertiary/aromatic N) is 1. The number of halogens is 4. The summed E-state index contributed by atoms with van der Waals surface area (Å²) in [6.45, 7) is 2.66. The molecule has 0 spiro atoms. The highest BCUT2D eigenvalue weighted by atomic mass is 35.5. The van der Waals surface area contributed by atoms with Crippen LogP contribution in [0.4, 0.5) is 13.2 Å². The van der Waals surface area contributed by atoms with Crippen LogP contribution < -0.4 is 0 Å². The summed E-state index contributed by atoms with van der Waals surface area (Å²) >= 11 is 6.84. The number of sulfonamides is 1. The van der Waals surface area contributed by atoms with Gasteiger partial charge in [-0.2, -0.15) is 13.2 Å². The Hall–Kier alpha value is -2.10. The molecule has 2 aliphatic carbocycles. The SMILES string of the molecule is CC1CC=C2C(C(F)(F)F)=CC(c3ccoc3)=CCC2CC(Cl)=C1C(=O)C1CCCCN(S(C)(=O)=O)CCC1. The Labute approximate surface area is 233 Å². The number of hydrogen-bond donors (Lipinski definition) is 0. The van der Waals surface area contributed by atoms with Crippen molar-refractivity contribution in [3.05, 3.63) is 64.1 Å². The van der Waals surface area contributed by atoms with Gasteiger partial charge >= 0.3 is 6.18 Å². The molecule has 214 valence electrons. The first-order valence-electron chi connectivity index (χ1n) is 13.5. The lowest BCUT2D eigenvalue weighted by Gasteiger charge is -2.28. The summed E-state index contributed by atoms with van der Waals surface area (Å²) in [6, 6.07) is 1.64. The van der Waals surface area contributed by atoms with Gasteiger partial charge in [-0.15, -0.1) is 0 Å². The van der Waals surface area contributed by atoms with Crippen molar-refractivity contribution in [3.63, 3.8) is 0 Å². The molecular weight excluding hydrogens is 551 g/mol. The van der Waals surface area contributed by atoms with E-state index in [-0.39, 0.29) is 36.0 Å². The third-order valence-electron chi connectivity index (χ3n) is 8.01. The van der Waals surface area contributed by atoms with Crippen LogP contribution in [0.15, 0.2) is 63.0 Å². The molecule has 0 amide bonds. The van der Waals surface area contributed by atoms with E-state index in [0.717, 1.165) is 6.42 Å². The first kappa shape index (κ1) is 29.9. The summed E-state index contributed by atoms with van der Waals surface area (Å²) < 4.78 is 73.5. The van der Waals surface area contributed by atoms with Crippen molar-refractivity contribution in [2.45, 2.75) is 64.5 Å². The predicted octanol–water partition coefficient (Wildman–Crippen LogP) is 7.43. The minimum absolute atomic E-state index is 0.0491. The maximum absolute atomic E-state index is 14.3. The van der Waals surface area contributed by atoms with Gasteiger partial charge in [-0.05, 0) is 80.1 Å². The predicted molar refractivity (Wildman–Crippen MR) is 146 cm³/mol. The molecule has 1 aromatic heterocycles. The fourth-order valence-electron chi connectivity index (χ4n) is 5.91. The fraction of sp³-hybridized carbons (Fsp3) is 0.552. The standard InChI is InChI=1S/C29H35ClF3NO4S/c1-19-8-11-24-22(10-9-21(23-12-15-38-18-23)16-25(24)29(31,32)33)17-26(30)27(19)28(35)20-6-3-4-13-34(14-5-7-20)39(2,36)37/h9,11-12,15-16,18-20,22H,3-8,10,13-14,17H2,1-2H3. The van der Waals surface area contributed by atoms with Crippen molar-refractivity contribution >= 4 is 33.0 Å². The molecule has 0 bridgehead atoms. The lowest BCUT2D eigenvalue weighted by atomic mass is 9.78. The zero-order valence-corrected chi connectivity index (χ0v) is 23.8. The normalized spacial score (nSPS) is 26.5. The van der Waals surface area contributed by atoms with E-state index in [1.54, 1.807) is 18.2 Å². The average Bonchev–Trinajstić information content (AvgIpc) is 3.35. The zero-order valence-electron chi connectivity index (χ0n) is 22.3. The van der Waals surface area contributed by atoms with Gasteiger partial charge in [0.25, 0.3) is 0 Å². The van der Waals surface area contributed by atoms with Crippen molar-refractivity contribution in [3.8, 4) is 0 Å². The van der Waals surface area contributed by atoms with Gasteiger partial charge in [0.2, 0.25) is 10.0 Å². The molecule has 4 rings (SSSR count). The smallest absolute Gasteiger partial charge is 0.416 e. The summed E-state index contributed by atoms with van der Waals surface area (Å²) in [5, 5.41) is 0.336. The topological polar surface area (TPSA) is 67.6 Å². The van der Waals surface area contributed by atoms with Gasteiger partial charge < -0.3 is 4.42 Å². The number of allylic oxidation sites excluding steroid dienone is 8. The Morgan fingerprint density at radius 1 is 1.10 bits per heavy atom. The summed E-state index contributed by atoms with van der Waals surface area (Å²) in [5.41, 5.74) is 1.07. The molecule has 0 N–H and O–H groups in total. The third-order valence-corrected chi connectivity index (χ3v) is 9.67. The van der Waals surface area contributed by atoms with Gasteiger partial charge in [0.05, 0.1) is 24.4 Å². The number of ketones is 1. The summed E-state index contributed by atoms with van der Waals surface area (Å²) in [4.78, 5) is 13.8. The van der Waals surface area contributed by atoms with Gasteiger partial charge in [-0.25, -0.2) is 12.7 Å². The van der Waals surface area contributed by atoms with Crippen molar-refractivity contribution in [2.75, 3.05) is 19.3 Å². The lowest BCUT2D eigenvalue weighted by Crippen LogP contribution is -2.31. The molecule has 1 saturated heterocycles. The minimum Gasteiger partial charge on any atom is -0.472 e. The molecule has 1 aliphatic heterocycles. The summed E-state index contributed by atoms with van der Waals surface area (Å²) in [6.07, 6.45) is 8.03. The lowest BCUT2D eigenvalue weighted by molar-refractivity contribution is -0.120. The highest BCUT2D eigenvalue weighted by molar-refractivity contribution is 7.88. The maximum Gasteiger partial charge on any atom is 0.416 e. The van der Waals surface area contributed by atoms with Gasteiger partial charge in [-0.1, -0.05) is 37.1 Å². The van der Waals surface area contributed by atoms with Gasteiger partial charge in [0, 0.05) is 35.2 Å². The molecule has 39 heavy (non-hydrogen) atoms. The zero-order chi connectivity index (χ0) is 28.4. The van der Waals surface area contributed by atoms with Crippen LogP contribution in [0.1, 0.15) is 63.9 Å². The molecule has 0 radical (unpaired) electrons. The molecular formula is C29H35ClF3NO4S. The third kappa shape index (κ3) is 7.16. The van der Waals surface area contributed by atoms with Crippen molar-refractivity contribution in [1.29, 1.82) is 0 Å². The molecule has 1 aromatic rings. The van der Waals surface area contributed by atoms with Gasteiger partial charge in [0.15, 0.2) is 5.78 Å². The van der Waals surface area contributed by atoms with E-state index in [2.05, 4.69) is 0 Å². The van der Waals surface area contributed by atoms with Crippen LogP contribution in [0.25, 0.3) is 5.57 Å². The second kappa shape index (κ2) is 12.2. The van der Waals surface area contributed by atoms with Crippen LogP contribution in [-0.4, -0.2) is 44.0 Å². The minimum atomic E-state index is -4.55. The van der Waals surface area contributed by atoms with E-state index >= 15 is 0 Å². The van der Waals surface area contributed by atoms with Gasteiger partial charge in [0.1, 0.15) is 0 Å². The van der Waals surface area contributed by atoms with Gasteiger partial charge in [-0.3, -0.25) is 4.79 Å². The Kier molecular flexibility index (Phi) is 9.33.